The van der Waals surface area contributed by atoms with Gasteiger partial charge in [-0.15, -0.1) is 11.3 Å². The summed E-state index contributed by atoms with van der Waals surface area (Å²) in [6.07, 6.45) is 2.62. The van der Waals surface area contributed by atoms with Gasteiger partial charge < -0.3 is 14.2 Å². The fourth-order valence-electron chi connectivity index (χ4n) is 2.73. The molecule has 0 spiro atoms. The van der Waals surface area contributed by atoms with Gasteiger partial charge in [0.15, 0.2) is 0 Å². The number of hydrogen-bond acceptors (Lipinski definition) is 4. The second-order valence-corrected chi connectivity index (χ2v) is 6.46. The average Bonchev–Trinajstić information content (AvgIpc) is 3.23. The van der Waals surface area contributed by atoms with E-state index in [1.54, 1.807) is 40.5 Å². The zero-order valence-corrected chi connectivity index (χ0v) is 13.2. The van der Waals surface area contributed by atoms with Crippen molar-refractivity contribution in [2.45, 2.75) is 32.0 Å². The molecule has 22 heavy (non-hydrogen) atoms. The van der Waals surface area contributed by atoms with Gasteiger partial charge >= 0.3 is 0 Å². The van der Waals surface area contributed by atoms with E-state index in [9.17, 15) is 9.59 Å². The number of carbonyl (C=O) groups is 2. The minimum atomic E-state index is -0.366. The van der Waals surface area contributed by atoms with E-state index in [0.717, 1.165) is 10.6 Å². The Bertz CT molecular complexity index is 636. The summed E-state index contributed by atoms with van der Waals surface area (Å²) in [5.74, 6) is 0.766. The molecule has 3 heterocycles. The van der Waals surface area contributed by atoms with Crippen LogP contribution in [0, 0.1) is 0 Å². The Morgan fingerprint density at radius 3 is 3.00 bits per heavy atom. The van der Waals surface area contributed by atoms with Gasteiger partial charge in [0.1, 0.15) is 11.8 Å². The first-order valence-corrected chi connectivity index (χ1v) is 8.12. The molecule has 1 fully saturated rings. The molecular formula is C16H18N2O3S. The Balaban J connectivity index is 1.68. The lowest BCUT2D eigenvalue weighted by atomic mass is 10.2. The summed E-state index contributed by atoms with van der Waals surface area (Å²) in [5, 5.41) is 1.98. The maximum atomic E-state index is 12.6. The third kappa shape index (κ3) is 3.06. The maximum absolute atomic E-state index is 12.6. The number of likely N-dealkylation sites (N-methyl/N-ethyl adjacent to an activating group) is 1. The molecule has 0 aliphatic carbocycles. The molecule has 2 aromatic rings. The lowest BCUT2D eigenvalue weighted by Gasteiger charge is -2.27. The standard InChI is InChI=1S/C16H18N2O3S/c1-17(10-12-4-2-8-21-12)16(20)14-6-7-15(19)18(14)11-13-5-3-9-22-13/h2-5,8-9,14H,6-7,10-11H2,1H3/t14-/m0/s1. The number of carbonyl (C=O) groups excluding carboxylic acids is 2. The van der Waals surface area contributed by atoms with E-state index in [1.165, 1.54) is 0 Å². The maximum Gasteiger partial charge on any atom is 0.245 e. The van der Waals surface area contributed by atoms with Gasteiger partial charge in [0.25, 0.3) is 0 Å². The number of likely N-dealkylation sites (tertiary alicyclic amines) is 1. The first-order valence-electron chi connectivity index (χ1n) is 7.24. The summed E-state index contributed by atoms with van der Waals surface area (Å²) >= 11 is 1.60. The Morgan fingerprint density at radius 2 is 2.32 bits per heavy atom. The predicted octanol–water partition coefficient (Wildman–Crippen LogP) is 2.49. The van der Waals surface area contributed by atoms with Gasteiger partial charge in [-0.1, -0.05) is 6.07 Å². The Kier molecular flexibility index (Phi) is 4.29. The molecule has 1 saturated heterocycles. The van der Waals surface area contributed by atoms with Gasteiger partial charge in [0.2, 0.25) is 11.8 Å². The Hall–Kier alpha value is -2.08. The molecule has 6 heteroatoms. The van der Waals surface area contributed by atoms with Crippen molar-refractivity contribution >= 4 is 23.2 Å². The smallest absolute Gasteiger partial charge is 0.245 e. The molecule has 116 valence electrons. The fourth-order valence-corrected chi connectivity index (χ4v) is 3.43. The summed E-state index contributed by atoms with van der Waals surface area (Å²) in [5.41, 5.74) is 0. The SMILES string of the molecule is CN(Cc1ccco1)C(=O)[C@@H]1CCC(=O)N1Cc1cccs1. The number of hydrogen-bond donors (Lipinski definition) is 0. The number of thiophene rings is 1. The molecule has 1 aliphatic heterocycles. The molecule has 3 rings (SSSR count). The fraction of sp³-hybridized carbons (Fsp3) is 0.375. The van der Waals surface area contributed by atoms with Gasteiger partial charge in [-0.2, -0.15) is 0 Å². The van der Waals surface area contributed by atoms with Crippen molar-refractivity contribution < 1.29 is 14.0 Å². The van der Waals surface area contributed by atoms with E-state index < -0.39 is 0 Å². The largest absolute Gasteiger partial charge is 0.467 e. The van der Waals surface area contributed by atoms with Crippen LogP contribution in [0.2, 0.25) is 0 Å². The van der Waals surface area contributed by atoms with Crippen LogP contribution in [0.4, 0.5) is 0 Å². The van der Waals surface area contributed by atoms with E-state index in [2.05, 4.69) is 0 Å². The van der Waals surface area contributed by atoms with Gasteiger partial charge in [-0.05, 0) is 30.0 Å². The number of furan rings is 1. The summed E-state index contributed by atoms with van der Waals surface area (Å²) < 4.78 is 5.28. The van der Waals surface area contributed by atoms with Crippen LogP contribution in [0.5, 0.6) is 0 Å². The molecule has 0 unspecified atom stereocenters. The van der Waals surface area contributed by atoms with Gasteiger partial charge in [-0.3, -0.25) is 9.59 Å². The highest BCUT2D eigenvalue weighted by Crippen LogP contribution is 2.25. The van der Waals surface area contributed by atoms with Crippen molar-refractivity contribution in [3.05, 3.63) is 46.5 Å². The zero-order valence-electron chi connectivity index (χ0n) is 12.4. The molecule has 0 bridgehead atoms. The molecule has 0 saturated carbocycles. The highest BCUT2D eigenvalue weighted by Gasteiger charge is 2.37. The monoisotopic (exact) mass is 318 g/mol. The molecule has 1 aliphatic rings. The van der Waals surface area contributed by atoms with E-state index in [0.29, 0.717) is 25.9 Å². The molecule has 0 aromatic carbocycles. The molecule has 0 radical (unpaired) electrons. The number of nitrogens with zero attached hydrogens (tertiary/aromatic N) is 2. The average molecular weight is 318 g/mol. The third-order valence-electron chi connectivity index (χ3n) is 3.87. The van der Waals surface area contributed by atoms with Crippen molar-refractivity contribution in [2.24, 2.45) is 0 Å². The van der Waals surface area contributed by atoms with E-state index >= 15 is 0 Å². The van der Waals surface area contributed by atoms with Crippen LogP contribution in [0.1, 0.15) is 23.5 Å². The lowest BCUT2D eigenvalue weighted by molar-refractivity contribution is -0.141. The predicted molar refractivity (Wildman–Crippen MR) is 83.1 cm³/mol. The minimum absolute atomic E-state index is 0.0289. The third-order valence-corrected chi connectivity index (χ3v) is 4.73. The summed E-state index contributed by atoms with van der Waals surface area (Å²) in [6.45, 7) is 0.935. The van der Waals surface area contributed by atoms with Crippen molar-refractivity contribution in [1.29, 1.82) is 0 Å². The van der Waals surface area contributed by atoms with Crippen molar-refractivity contribution in [1.82, 2.24) is 9.80 Å². The molecule has 5 nitrogen and oxygen atoms in total. The number of rotatable bonds is 5. The van der Waals surface area contributed by atoms with Crippen LogP contribution in [0.25, 0.3) is 0 Å². The van der Waals surface area contributed by atoms with Crippen LogP contribution < -0.4 is 0 Å². The Morgan fingerprint density at radius 1 is 1.45 bits per heavy atom. The normalized spacial score (nSPS) is 18.0. The molecule has 2 aromatic heterocycles. The van der Waals surface area contributed by atoms with E-state index in [-0.39, 0.29) is 17.9 Å². The second kappa shape index (κ2) is 6.36. The van der Waals surface area contributed by atoms with Gasteiger partial charge in [-0.25, -0.2) is 0 Å². The molecule has 2 amide bonds. The highest BCUT2D eigenvalue weighted by atomic mass is 32.1. The van der Waals surface area contributed by atoms with E-state index in [4.69, 9.17) is 4.42 Å². The van der Waals surface area contributed by atoms with Crippen LogP contribution in [-0.4, -0.2) is 34.7 Å². The minimum Gasteiger partial charge on any atom is -0.467 e. The summed E-state index contributed by atoms with van der Waals surface area (Å²) in [4.78, 5) is 29.2. The highest BCUT2D eigenvalue weighted by molar-refractivity contribution is 7.09. The van der Waals surface area contributed by atoms with Gasteiger partial charge in [0, 0.05) is 18.3 Å². The summed E-state index contributed by atoms with van der Waals surface area (Å²) in [7, 11) is 1.75. The van der Waals surface area contributed by atoms with Crippen LogP contribution in [-0.2, 0) is 22.7 Å². The number of amides is 2. The van der Waals surface area contributed by atoms with Crippen LogP contribution in [0.3, 0.4) is 0 Å². The van der Waals surface area contributed by atoms with Crippen molar-refractivity contribution in [3.63, 3.8) is 0 Å². The van der Waals surface area contributed by atoms with Crippen molar-refractivity contribution in [2.75, 3.05) is 7.05 Å². The summed E-state index contributed by atoms with van der Waals surface area (Å²) in [6, 6.07) is 7.22. The zero-order chi connectivity index (χ0) is 15.5. The molecule has 1 atom stereocenters. The quantitative estimate of drug-likeness (QED) is 0.851. The van der Waals surface area contributed by atoms with Crippen molar-refractivity contribution in [3.8, 4) is 0 Å². The first kappa shape index (κ1) is 14.8. The topological polar surface area (TPSA) is 53.8 Å². The lowest BCUT2D eigenvalue weighted by Crippen LogP contribution is -2.44. The Labute approximate surface area is 133 Å². The molecular weight excluding hydrogens is 300 g/mol. The first-order chi connectivity index (χ1) is 10.6. The van der Waals surface area contributed by atoms with Crippen LogP contribution in [0.15, 0.2) is 40.3 Å². The van der Waals surface area contributed by atoms with E-state index in [1.807, 2.05) is 23.6 Å². The van der Waals surface area contributed by atoms with Crippen LogP contribution >= 0.6 is 11.3 Å². The van der Waals surface area contributed by atoms with Gasteiger partial charge in [0.05, 0.1) is 19.4 Å². The molecule has 0 N–H and O–H groups in total. The second-order valence-electron chi connectivity index (χ2n) is 5.43.